The van der Waals surface area contributed by atoms with Gasteiger partial charge in [-0.25, -0.2) is 4.98 Å². The molecule has 2 aliphatic heterocycles. The molecule has 2 atom stereocenters. The summed E-state index contributed by atoms with van der Waals surface area (Å²) in [6, 6.07) is 12.9. The first-order valence-corrected chi connectivity index (χ1v) is 15.7. The van der Waals surface area contributed by atoms with E-state index in [1.165, 1.54) is 0 Å². The fourth-order valence-electron chi connectivity index (χ4n) is 6.11. The van der Waals surface area contributed by atoms with Gasteiger partial charge in [0, 0.05) is 38.9 Å². The Hall–Kier alpha value is -3.56. The maximum atomic E-state index is 14.0. The van der Waals surface area contributed by atoms with Gasteiger partial charge in [0.25, 0.3) is 5.91 Å². The van der Waals surface area contributed by atoms with Crippen LogP contribution in [0.2, 0.25) is 0 Å². The van der Waals surface area contributed by atoms with E-state index in [-0.39, 0.29) is 23.6 Å². The normalized spacial score (nSPS) is 17.2. The summed E-state index contributed by atoms with van der Waals surface area (Å²) in [7, 11) is 1.70. The number of amides is 3. The standard InChI is InChI=1S/C33H40N4O4S/c1-21(2)29(37-19-26-17-23(7-6-16-41-4)11-14-27(26)32(37)39)33(40)36-15-5-8-28(36)31(38)34-18-24-9-12-25(13-10-24)30-22(3)35-20-42-30/h9-14,17,20-21,28-29H,5-8,15-16,18-19H2,1-4H3,(H,34,38). The van der Waals surface area contributed by atoms with E-state index in [2.05, 4.69) is 16.4 Å². The lowest BCUT2D eigenvalue weighted by molar-refractivity contribution is -0.143. The summed E-state index contributed by atoms with van der Waals surface area (Å²) >= 11 is 1.61. The molecule has 2 aromatic carbocycles. The number of aromatic nitrogens is 1. The zero-order valence-corrected chi connectivity index (χ0v) is 25.7. The first-order valence-electron chi connectivity index (χ1n) is 14.8. The second-order valence-corrected chi connectivity index (χ2v) is 12.4. The molecule has 3 amide bonds. The molecule has 222 valence electrons. The van der Waals surface area contributed by atoms with Gasteiger partial charge in [0.2, 0.25) is 11.8 Å². The van der Waals surface area contributed by atoms with E-state index in [1.54, 1.807) is 28.2 Å². The van der Waals surface area contributed by atoms with E-state index < -0.39 is 12.1 Å². The number of likely N-dealkylation sites (tertiary alicyclic amines) is 1. The number of thiazole rings is 1. The molecule has 0 radical (unpaired) electrons. The molecular weight excluding hydrogens is 548 g/mol. The lowest BCUT2D eigenvalue weighted by Gasteiger charge is -2.35. The number of rotatable bonds is 11. The Bertz CT molecular complexity index is 1430. The number of hydrogen-bond acceptors (Lipinski definition) is 6. The van der Waals surface area contributed by atoms with E-state index in [4.69, 9.17) is 4.74 Å². The molecule has 3 heterocycles. The highest BCUT2D eigenvalue weighted by Crippen LogP contribution is 2.31. The Kier molecular flexibility index (Phi) is 9.38. The van der Waals surface area contributed by atoms with Crippen LogP contribution in [-0.2, 0) is 33.8 Å². The van der Waals surface area contributed by atoms with Gasteiger partial charge >= 0.3 is 0 Å². The van der Waals surface area contributed by atoms with Gasteiger partial charge in [0.15, 0.2) is 0 Å². The fraction of sp³-hybridized carbons (Fsp3) is 0.455. The predicted molar refractivity (Wildman–Crippen MR) is 164 cm³/mol. The van der Waals surface area contributed by atoms with Gasteiger partial charge in [-0.3, -0.25) is 14.4 Å². The van der Waals surface area contributed by atoms with Crippen LogP contribution in [0.15, 0.2) is 48.0 Å². The lowest BCUT2D eigenvalue weighted by Crippen LogP contribution is -2.55. The molecule has 1 N–H and O–H groups in total. The number of carbonyl (C=O) groups excluding carboxylic acids is 3. The first kappa shape index (κ1) is 29.9. The third-order valence-electron chi connectivity index (χ3n) is 8.30. The van der Waals surface area contributed by atoms with Crippen molar-refractivity contribution in [1.82, 2.24) is 20.1 Å². The Balaban J connectivity index is 1.23. The third-order valence-corrected chi connectivity index (χ3v) is 9.28. The highest BCUT2D eigenvalue weighted by Gasteiger charge is 2.43. The van der Waals surface area contributed by atoms with Crippen molar-refractivity contribution in [1.29, 1.82) is 0 Å². The zero-order valence-electron chi connectivity index (χ0n) is 24.9. The maximum Gasteiger partial charge on any atom is 0.255 e. The van der Waals surface area contributed by atoms with Crippen molar-refractivity contribution in [3.63, 3.8) is 0 Å². The second-order valence-electron chi connectivity index (χ2n) is 11.6. The van der Waals surface area contributed by atoms with Crippen LogP contribution >= 0.6 is 11.3 Å². The van der Waals surface area contributed by atoms with Crippen LogP contribution in [0.1, 0.15) is 65.9 Å². The number of methoxy groups -OCH3 is 1. The molecule has 1 fully saturated rings. The highest BCUT2D eigenvalue weighted by atomic mass is 32.1. The quantitative estimate of drug-likeness (QED) is 0.319. The second kappa shape index (κ2) is 13.2. The number of ether oxygens (including phenoxy) is 1. The van der Waals surface area contributed by atoms with Crippen molar-refractivity contribution in [2.24, 2.45) is 5.92 Å². The first-order chi connectivity index (χ1) is 20.3. The molecule has 2 aliphatic rings. The van der Waals surface area contributed by atoms with Crippen LogP contribution in [0.3, 0.4) is 0 Å². The maximum absolute atomic E-state index is 14.0. The highest BCUT2D eigenvalue weighted by molar-refractivity contribution is 7.13. The number of carbonyl (C=O) groups is 3. The predicted octanol–water partition coefficient (Wildman–Crippen LogP) is 4.99. The summed E-state index contributed by atoms with van der Waals surface area (Å²) in [6.07, 6.45) is 3.17. The van der Waals surface area contributed by atoms with Gasteiger partial charge in [-0.15, -0.1) is 11.3 Å². The number of nitrogens with one attached hydrogen (secondary N) is 1. The van der Waals surface area contributed by atoms with Crippen molar-refractivity contribution in [3.8, 4) is 10.4 Å². The largest absolute Gasteiger partial charge is 0.385 e. The van der Waals surface area contributed by atoms with Crippen LogP contribution in [0.5, 0.6) is 0 Å². The van der Waals surface area contributed by atoms with Crippen molar-refractivity contribution in [2.75, 3.05) is 20.3 Å². The monoisotopic (exact) mass is 588 g/mol. The van der Waals surface area contributed by atoms with E-state index in [0.29, 0.717) is 38.2 Å². The fourth-order valence-corrected chi connectivity index (χ4v) is 6.92. The Morgan fingerprint density at radius 2 is 1.90 bits per heavy atom. The molecule has 8 nitrogen and oxygen atoms in total. The Labute approximate surface area is 252 Å². The number of benzene rings is 2. The summed E-state index contributed by atoms with van der Waals surface area (Å²) in [4.78, 5) is 49.7. The number of aryl methyl sites for hydroxylation is 2. The number of nitrogens with zero attached hydrogens (tertiary/aromatic N) is 3. The molecule has 0 bridgehead atoms. The minimum atomic E-state index is -0.627. The van der Waals surface area contributed by atoms with E-state index in [0.717, 1.165) is 52.1 Å². The third kappa shape index (κ3) is 6.27. The van der Waals surface area contributed by atoms with Crippen LogP contribution in [-0.4, -0.2) is 64.9 Å². The molecule has 2 unspecified atom stereocenters. The van der Waals surface area contributed by atoms with Crippen molar-refractivity contribution in [2.45, 2.75) is 71.6 Å². The van der Waals surface area contributed by atoms with E-state index in [9.17, 15) is 14.4 Å². The summed E-state index contributed by atoms with van der Waals surface area (Å²) in [5.41, 5.74) is 7.74. The average Bonchev–Trinajstić information content (AvgIpc) is 3.71. The van der Waals surface area contributed by atoms with Crippen LogP contribution in [0.4, 0.5) is 0 Å². The van der Waals surface area contributed by atoms with E-state index >= 15 is 0 Å². The summed E-state index contributed by atoms with van der Waals surface area (Å²) in [6.45, 7) is 7.94. The molecule has 1 saturated heterocycles. The minimum absolute atomic E-state index is 0.0954. The summed E-state index contributed by atoms with van der Waals surface area (Å²) < 4.78 is 5.17. The number of hydrogen-bond donors (Lipinski definition) is 1. The van der Waals surface area contributed by atoms with Crippen molar-refractivity contribution in [3.05, 3.63) is 75.9 Å². The van der Waals surface area contributed by atoms with Gasteiger partial charge in [0.1, 0.15) is 12.1 Å². The molecule has 9 heteroatoms. The SMILES string of the molecule is COCCCc1ccc2c(c1)CN(C(C(=O)N1CCCC1C(=O)NCc1ccc(-c3scnc3C)cc1)C(C)C)C2=O. The van der Waals surface area contributed by atoms with Gasteiger partial charge in [0.05, 0.1) is 16.1 Å². The lowest BCUT2D eigenvalue weighted by atomic mass is 10.0. The molecule has 3 aromatic rings. The Morgan fingerprint density at radius 1 is 1.14 bits per heavy atom. The topological polar surface area (TPSA) is 91.8 Å². The van der Waals surface area contributed by atoms with E-state index in [1.807, 2.05) is 62.7 Å². The van der Waals surface area contributed by atoms with Gasteiger partial charge in [-0.05, 0) is 66.8 Å². The molecule has 0 aliphatic carbocycles. The van der Waals surface area contributed by atoms with Crippen LogP contribution in [0.25, 0.3) is 10.4 Å². The number of fused-ring (bicyclic) bond motifs is 1. The average molecular weight is 589 g/mol. The zero-order chi connectivity index (χ0) is 29.8. The van der Waals surface area contributed by atoms with Gasteiger partial charge in [-0.2, -0.15) is 0 Å². The summed E-state index contributed by atoms with van der Waals surface area (Å²) in [5, 5.41) is 3.05. The van der Waals surface area contributed by atoms with Crippen molar-refractivity contribution >= 4 is 29.1 Å². The van der Waals surface area contributed by atoms with Crippen LogP contribution in [0, 0.1) is 12.8 Å². The van der Waals surface area contributed by atoms with Crippen molar-refractivity contribution < 1.29 is 19.1 Å². The summed E-state index contributed by atoms with van der Waals surface area (Å²) in [5.74, 6) is -0.504. The molecule has 5 rings (SSSR count). The molecular formula is C33H40N4O4S. The van der Waals surface area contributed by atoms with Gasteiger partial charge < -0.3 is 19.9 Å². The smallest absolute Gasteiger partial charge is 0.255 e. The van der Waals surface area contributed by atoms with Gasteiger partial charge in [-0.1, -0.05) is 50.2 Å². The van der Waals surface area contributed by atoms with Crippen LogP contribution < -0.4 is 5.32 Å². The molecule has 0 saturated carbocycles. The Morgan fingerprint density at radius 3 is 2.60 bits per heavy atom. The minimum Gasteiger partial charge on any atom is -0.385 e. The molecule has 0 spiro atoms. The molecule has 1 aromatic heterocycles. The molecule has 42 heavy (non-hydrogen) atoms.